The molecule has 4 aromatic rings. The number of hydrogen-bond acceptors (Lipinski definition) is 4. The minimum Gasteiger partial charge on any atom is -0.345 e. The first kappa shape index (κ1) is 18.9. The van der Waals surface area contributed by atoms with E-state index in [1.165, 1.54) is 0 Å². The predicted molar refractivity (Wildman–Crippen MR) is 112 cm³/mol. The summed E-state index contributed by atoms with van der Waals surface area (Å²) in [6.45, 7) is 0.355. The molecule has 0 aliphatic rings. The number of rotatable bonds is 5. The van der Waals surface area contributed by atoms with Gasteiger partial charge in [0, 0.05) is 18.4 Å². The van der Waals surface area contributed by atoms with Crippen molar-refractivity contribution in [3.05, 3.63) is 102 Å². The first-order chi connectivity index (χ1) is 14.7. The molecule has 7 nitrogen and oxygen atoms in total. The van der Waals surface area contributed by atoms with Gasteiger partial charge in [0.2, 0.25) is 5.82 Å². The Kier molecular flexibility index (Phi) is 5.22. The van der Waals surface area contributed by atoms with Crippen LogP contribution in [-0.2, 0) is 6.54 Å². The zero-order chi connectivity index (χ0) is 20.9. The van der Waals surface area contributed by atoms with Gasteiger partial charge in [0.05, 0.1) is 17.1 Å². The van der Waals surface area contributed by atoms with Crippen LogP contribution in [0.5, 0.6) is 0 Å². The van der Waals surface area contributed by atoms with Crippen molar-refractivity contribution in [3.63, 3.8) is 0 Å². The number of nitriles is 1. The second-order valence-electron chi connectivity index (χ2n) is 6.55. The molecule has 2 aromatic heterocycles. The fraction of sp³-hybridized carbons (Fsp3) is 0.0435. The van der Waals surface area contributed by atoms with Gasteiger partial charge in [-0.1, -0.05) is 36.4 Å². The third-order valence-electron chi connectivity index (χ3n) is 4.53. The second-order valence-corrected chi connectivity index (χ2v) is 6.55. The summed E-state index contributed by atoms with van der Waals surface area (Å²) >= 11 is 0. The molecule has 7 heteroatoms. The number of carbonyl (C=O) groups is 2. The molecule has 0 unspecified atom stereocenters. The molecule has 0 saturated carbocycles. The zero-order valence-corrected chi connectivity index (χ0v) is 15.9. The Morgan fingerprint density at radius 2 is 1.67 bits per heavy atom. The minimum absolute atomic E-state index is 0.131. The Morgan fingerprint density at radius 3 is 2.40 bits per heavy atom. The monoisotopic (exact) mass is 395 g/mol. The molecule has 2 N–H and O–H groups in total. The Labute approximate surface area is 172 Å². The van der Waals surface area contributed by atoms with Crippen LogP contribution in [0.1, 0.15) is 32.2 Å². The van der Waals surface area contributed by atoms with Crippen LogP contribution in [0.3, 0.4) is 0 Å². The molecule has 0 saturated heterocycles. The van der Waals surface area contributed by atoms with E-state index in [0.29, 0.717) is 23.3 Å². The van der Waals surface area contributed by atoms with Gasteiger partial charge in [-0.2, -0.15) is 5.26 Å². The highest BCUT2D eigenvalue weighted by atomic mass is 16.2. The van der Waals surface area contributed by atoms with Crippen molar-refractivity contribution in [2.75, 3.05) is 5.32 Å². The van der Waals surface area contributed by atoms with Gasteiger partial charge in [0.1, 0.15) is 0 Å². The highest BCUT2D eigenvalue weighted by Gasteiger charge is 2.21. The normalized spacial score (nSPS) is 10.4. The number of imidazole rings is 1. The summed E-state index contributed by atoms with van der Waals surface area (Å²) in [5.74, 6) is -0.686. The Morgan fingerprint density at radius 1 is 0.933 bits per heavy atom. The van der Waals surface area contributed by atoms with Gasteiger partial charge in [-0.3, -0.25) is 14.0 Å². The molecule has 0 aliphatic heterocycles. The van der Waals surface area contributed by atoms with Crippen molar-refractivity contribution < 1.29 is 9.59 Å². The SMILES string of the molecule is N#Cc1ccc(NC(=O)c2nc(C(=O)NCc3ccccc3)n3ccccc23)cc1. The number of benzene rings is 2. The van der Waals surface area contributed by atoms with Gasteiger partial charge in [0.15, 0.2) is 5.69 Å². The van der Waals surface area contributed by atoms with E-state index in [1.54, 1.807) is 53.1 Å². The number of pyridine rings is 1. The van der Waals surface area contributed by atoms with Crippen molar-refractivity contribution >= 4 is 23.0 Å². The van der Waals surface area contributed by atoms with Crippen LogP contribution in [0.25, 0.3) is 5.52 Å². The summed E-state index contributed by atoms with van der Waals surface area (Å²) in [7, 11) is 0. The molecule has 0 fully saturated rings. The average Bonchev–Trinajstić information content (AvgIpc) is 3.19. The molecular weight excluding hydrogens is 378 g/mol. The summed E-state index contributed by atoms with van der Waals surface area (Å²) < 4.78 is 1.59. The lowest BCUT2D eigenvalue weighted by molar-refractivity contribution is 0.0940. The second kappa shape index (κ2) is 8.29. The number of carbonyl (C=O) groups excluding carboxylic acids is 2. The van der Waals surface area contributed by atoms with Crippen molar-refractivity contribution in [1.29, 1.82) is 5.26 Å². The number of amides is 2. The van der Waals surface area contributed by atoms with Crippen molar-refractivity contribution in [3.8, 4) is 6.07 Å². The molecule has 30 heavy (non-hydrogen) atoms. The molecular formula is C23H17N5O2. The van der Waals surface area contributed by atoms with E-state index in [2.05, 4.69) is 15.6 Å². The quantitative estimate of drug-likeness (QED) is 0.541. The van der Waals surface area contributed by atoms with Crippen LogP contribution in [0, 0.1) is 11.3 Å². The van der Waals surface area contributed by atoms with Crippen LogP contribution in [0.4, 0.5) is 5.69 Å². The fourth-order valence-corrected chi connectivity index (χ4v) is 3.04. The average molecular weight is 395 g/mol. The maximum atomic E-state index is 12.8. The molecule has 0 spiro atoms. The van der Waals surface area contributed by atoms with E-state index in [9.17, 15) is 9.59 Å². The number of fused-ring (bicyclic) bond motifs is 1. The first-order valence-corrected chi connectivity index (χ1v) is 9.26. The number of anilines is 1. The highest BCUT2D eigenvalue weighted by molar-refractivity contribution is 6.08. The van der Waals surface area contributed by atoms with E-state index < -0.39 is 5.91 Å². The van der Waals surface area contributed by atoms with Crippen LogP contribution in [0.15, 0.2) is 79.0 Å². The summed E-state index contributed by atoms with van der Waals surface area (Å²) in [4.78, 5) is 29.9. The summed E-state index contributed by atoms with van der Waals surface area (Å²) in [5.41, 5.74) is 2.66. The lowest BCUT2D eigenvalue weighted by Crippen LogP contribution is -2.25. The van der Waals surface area contributed by atoms with Crippen LogP contribution < -0.4 is 10.6 Å². The Bertz CT molecular complexity index is 1250. The molecule has 2 amide bonds. The van der Waals surface area contributed by atoms with Crippen molar-refractivity contribution in [1.82, 2.24) is 14.7 Å². The third kappa shape index (κ3) is 3.88. The van der Waals surface area contributed by atoms with E-state index in [1.807, 2.05) is 36.4 Å². The number of aromatic nitrogens is 2. The van der Waals surface area contributed by atoms with Gasteiger partial charge in [-0.15, -0.1) is 0 Å². The molecule has 2 aromatic carbocycles. The van der Waals surface area contributed by atoms with Gasteiger partial charge in [-0.25, -0.2) is 4.98 Å². The third-order valence-corrected chi connectivity index (χ3v) is 4.53. The van der Waals surface area contributed by atoms with E-state index in [0.717, 1.165) is 5.56 Å². The van der Waals surface area contributed by atoms with Crippen LogP contribution in [0.2, 0.25) is 0 Å². The Balaban J connectivity index is 1.59. The molecule has 0 aliphatic carbocycles. The zero-order valence-electron chi connectivity index (χ0n) is 15.9. The molecule has 0 radical (unpaired) electrons. The topological polar surface area (TPSA) is 99.3 Å². The van der Waals surface area contributed by atoms with Crippen molar-refractivity contribution in [2.45, 2.75) is 6.54 Å². The summed E-state index contributed by atoms with van der Waals surface area (Å²) in [6.07, 6.45) is 1.69. The largest absolute Gasteiger partial charge is 0.345 e. The van der Waals surface area contributed by atoms with Crippen LogP contribution in [-0.4, -0.2) is 21.2 Å². The highest BCUT2D eigenvalue weighted by Crippen LogP contribution is 2.16. The van der Waals surface area contributed by atoms with Crippen LogP contribution >= 0.6 is 0 Å². The summed E-state index contributed by atoms with van der Waals surface area (Å²) in [6, 6.07) is 23.4. The summed E-state index contributed by atoms with van der Waals surface area (Å²) in [5, 5.41) is 14.5. The van der Waals surface area contributed by atoms with E-state index in [4.69, 9.17) is 5.26 Å². The number of nitrogens with one attached hydrogen (secondary N) is 2. The van der Waals surface area contributed by atoms with Gasteiger partial charge < -0.3 is 10.6 Å². The smallest absolute Gasteiger partial charge is 0.287 e. The maximum absolute atomic E-state index is 12.8. The van der Waals surface area contributed by atoms with E-state index in [-0.39, 0.29) is 17.4 Å². The van der Waals surface area contributed by atoms with Gasteiger partial charge >= 0.3 is 0 Å². The minimum atomic E-state index is -0.439. The van der Waals surface area contributed by atoms with Crippen molar-refractivity contribution in [2.24, 2.45) is 0 Å². The predicted octanol–water partition coefficient (Wildman–Crippen LogP) is 3.39. The maximum Gasteiger partial charge on any atom is 0.287 e. The number of hydrogen-bond donors (Lipinski definition) is 2. The van der Waals surface area contributed by atoms with Gasteiger partial charge in [-0.05, 0) is 42.0 Å². The molecule has 0 bridgehead atoms. The molecule has 4 rings (SSSR count). The number of nitrogens with zero attached hydrogens (tertiary/aromatic N) is 3. The van der Waals surface area contributed by atoms with E-state index >= 15 is 0 Å². The molecule has 0 atom stereocenters. The first-order valence-electron chi connectivity index (χ1n) is 9.26. The lowest BCUT2D eigenvalue weighted by atomic mass is 10.2. The Hall–Kier alpha value is -4.44. The molecule has 146 valence electrons. The lowest BCUT2D eigenvalue weighted by Gasteiger charge is -2.04. The fourth-order valence-electron chi connectivity index (χ4n) is 3.04. The van der Waals surface area contributed by atoms with Gasteiger partial charge in [0.25, 0.3) is 11.8 Å². The molecule has 2 heterocycles. The standard InChI is InChI=1S/C23H17N5O2/c24-14-16-9-11-18(12-10-16)26-22(29)20-19-8-4-5-13-28(19)21(27-20)23(30)25-15-17-6-2-1-3-7-17/h1-13H,15H2,(H,25,30)(H,26,29).